The summed E-state index contributed by atoms with van der Waals surface area (Å²) in [5, 5.41) is 3.23. The number of sulfonamides is 1. The summed E-state index contributed by atoms with van der Waals surface area (Å²) in [5.41, 5.74) is 2.88. The van der Waals surface area contributed by atoms with E-state index in [-0.39, 0.29) is 29.1 Å². The van der Waals surface area contributed by atoms with Crippen molar-refractivity contribution in [2.45, 2.75) is 58.1 Å². The quantitative estimate of drug-likeness (QED) is 0.377. The second-order valence-electron chi connectivity index (χ2n) is 9.61. The average Bonchev–Trinajstić information content (AvgIpc) is 2.87. The van der Waals surface area contributed by atoms with Crippen molar-refractivity contribution in [1.29, 1.82) is 0 Å². The Bertz CT molecular complexity index is 1390. The molecular formula is C29H34ClN3O4S. The van der Waals surface area contributed by atoms with Crippen molar-refractivity contribution in [3.05, 3.63) is 94.5 Å². The SMILES string of the molecule is Cc1cccc(CN(C(=O)CN(c2ccc(C)c(Cl)c2)S(=O)(=O)c2ccccc2)[C@H](C)C(=O)NC(C)C)c1. The van der Waals surface area contributed by atoms with Crippen molar-refractivity contribution in [2.24, 2.45) is 0 Å². The van der Waals surface area contributed by atoms with Gasteiger partial charge in [0.1, 0.15) is 12.6 Å². The molecule has 3 rings (SSSR count). The second kappa shape index (κ2) is 12.5. The van der Waals surface area contributed by atoms with Crippen LogP contribution in [0, 0.1) is 13.8 Å². The van der Waals surface area contributed by atoms with E-state index in [1.165, 1.54) is 23.1 Å². The Morgan fingerprint density at radius 3 is 2.21 bits per heavy atom. The van der Waals surface area contributed by atoms with Crippen LogP contribution in [0.25, 0.3) is 0 Å². The molecule has 0 saturated heterocycles. The van der Waals surface area contributed by atoms with Crippen LogP contribution in [0.5, 0.6) is 0 Å². The first-order chi connectivity index (χ1) is 17.9. The van der Waals surface area contributed by atoms with E-state index in [2.05, 4.69) is 5.32 Å². The minimum Gasteiger partial charge on any atom is -0.352 e. The summed E-state index contributed by atoms with van der Waals surface area (Å²) in [6, 6.07) is 19.5. The van der Waals surface area contributed by atoms with Gasteiger partial charge in [-0.15, -0.1) is 0 Å². The third kappa shape index (κ3) is 7.14. The third-order valence-electron chi connectivity index (χ3n) is 6.09. The molecular weight excluding hydrogens is 522 g/mol. The predicted molar refractivity (Wildman–Crippen MR) is 152 cm³/mol. The lowest BCUT2D eigenvalue weighted by Gasteiger charge is -2.32. The highest BCUT2D eigenvalue weighted by molar-refractivity contribution is 7.92. The number of amides is 2. The lowest BCUT2D eigenvalue weighted by atomic mass is 10.1. The van der Waals surface area contributed by atoms with Gasteiger partial charge in [0.15, 0.2) is 0 Å². The molecule has 0 heterocycles. The van der Waals surface area contributed by atoms with Gasteiger partial charge in [-0.2, -0.15) is 0 Å². The van der Waals surface area contributed by atoms with Crippen molar-refractivity contribution >= 4 is 39.1 Å². The molecule has 38 heavy (non-hydrogen) atoms. The number of rotatable bonds is 10. The number of hydrogen-bond donors (Lipinski definition) is 1. The van der Waals surface area contributed by atoms with E-state index in [0.717, 1.165) is 21.0 Å². The Labute approximate surface area is 230 Å². The zero-order valence-electron chi connectivity index (χ0n) is 22.3. The molecule has 0 aromatic heterocycles. The Morgan fingerprint density at radius 1 is 0.921 bits per heavy atom. The fourth-order valence-corrected chi connectivity index (χ4v) is 5.58. The Kier molecular flexibility index (Phi) is 9.57. The molecule has 1 N–H and O–H groups in total. The zero-order chi connectivity index (χ0) is 28.0. The first-order valence-corrected chi connectivity index (χ1v) is 14.2. The van der Waals surface area contributed by atoms with E-state index in [4.69, 9.17) is 11.6 Å². The van der Waals surface area contributed by atoms with Gasteiger partial charge in [0.05, 0.1) is 10.6 Å². The van der Waals surface area contributed by atoms with Crippen LogP contribution in [0.2, 0.25) is 5.02 Å². The fourth-order valence-electron chi connectivity index (χ4n) is 3.98. The van der Waals surface area contributed by atoms with E-state index in [1.807, 2.05) is 52.0 Å². The molecule has 0 aliphatic heterocycles. The average molecular weight is 556 g/mol. The minimum absolute atomic E-state index is 0.0420. The van der Waals surface area contributed by atoms with Crippen LogP contribution in [0.4, 0.5) is 5.69 Å². The van der Waals surface area contributed by atoms with Gasteiger partial charge < -0.3 is 10.2 Å². The van der Waals surface area contributed by atoms with Crippen LogP contribution in [0.15, 0.2) is 77.7 Å². The summed E-state index contributed by atoms with van der Waals surface area (Å²) in [6.45, 7) is 8.71. The number of carbonyl (C=O) groups excluding carboxylic acids is 2. The van der Waals surface area contributed by atoms with Gasteiger partial charge >= 0.3 is 0 Å². The summed E-state index contributed by atoms with van der Waals surface area (Å²) < 4.78 is 28.6. The van der Waals surface area contributed by atoms with Crippen LogP contribution in [0.1, 0.15) is 37.5 Å². The molecule has 0 bridgehead atoms. The van der Waals surface area contributed by atoms with Gasteiger partial charge in [0.25, 0.3) is 10.0 Å². The van der Waals surface area contributed by atoms with E-state index in [9.17, 15) is 18.0 Å². The maximum absolute atomic E-state index is 13.9. The maximum atomic E-state index is 13.9. The summed E-state index contributed by atoms with van der Waals surface area (Å²) in [5.74, 6) is -0.842. The van der Waals surface area contributed by atoms with Crippen molar-refractivity contribution in [1.82, 2.24) is 10.2 Å². The van der Waals surface area contributed by atoms with Gasteiger partial charge in [-0.05, 0) is 70.0 Å². The molecule has 0 aliphatic rings. The second-order valence-corrected chi connectivity index (χ2v) is 11.9. The van der Waals surface area contributed by atoms with Crippen LogP contribution < -0.4 is 9.62 Å². The highest BCUT2D eigenvalue weighted by Gasteiger charge is 2.32. The normalized spacial score (nSPS) is 12.2. The lowest BCUT2D eigenvalue weighted by molar-refractivity contribution is -0.139. The summed E-state index contributed by atoms with van der Waals surface area (Å²) in [4.78, 5) is 28.3. The molecule has 0 aliphatic carbocycles. The van der Waals surface area contributed by atoms with Crippen LogP contribution in [-0.2, 0) is 26.2 Å². The van der Waals surface area contributed by atoms with E-state index >= 15 is 0 Å². The summed E-state index contributed by atoms with van der Waals surface area (Å²) >= 11 is 6.35. The predicted octanol–water partition coefficient (Wildman–Crippen LogP) is 5.09. The summed E-state index contributed by atoms with van der Waals surface area (Å²) in [6.07, 6.45) is 0. The van der Waals surface area contributed by atoms with E-state index in [1.54, 1.807) is 37.3 Å². The lowest BCUT2D eigenvalue weighted by Crippen LogP contribution is -2.52. The van der Waals surface area contributed by atoms with Crippen molar-refractivity contribution < 1.29 is 18.0 Å². The first-order valence-electron chi connectivity index (χ1n) is 12.4. The van der Waals surface area contributed by atoms with Crippen LogP contribution >= 0.6 is 11.6 Å². The maximum Gasteiger partial charge on any atom is 0.264 e. The molecule has 0 radical (unpaired) electrons. The van der Waals surface area contributed by atoms with Crippen LogP contribution in [0.3, 0.4) is 0 Å². The van der Waals surface area contributed by atoms with Crippen LogP contribution in [-0.4, -0.2) is 43.8 Å². The molecule has 3 aromatic rings. The number of nitrogens with one attached hydrogen (secondary N) is 1. The minimum atomic E-state index is -4.13. The van der Waals surface area contributed by atoms with Gasteiger partial charge in [-0.1, -0.05) is 65.7 Å². The number of anilines is 1. The Morgan fingerprint density at radius 2 is 1.61 bits per heavy atom. The zero-order valence-corrected chi connectivity index (χ0v) is 23.9. The van der Waals surface area contributed by atoms with Gasteiger partial charge in [-0.3, -0.25) is 13.9 Å². The Hall–Kier alpha value is -3.36. The number of hydrogen-bond acceptors (Lipinski definition) is 4. The Balaban J connectivity index is 2.05. The van der Waals surface area contributed by atoms with E-state index < -0.39 is 28.5 Å². The topological polar surface area (TPSA) is 86.8 Å². The summed E-state index contributed by atoms with van der Waals surface area (Å²) in [7, 11) is -4.13. The monoisotopic (exact) mass is 555 g/mol. The van der Waals surface area contributed by atoms with Crippen molar-refractivity contribution in [3.63, 3.8) is 0 Å². The van der Waals surface area contributed by atoms with Gasteiger partial charge in [0.2, 0.25) is 11.8 Å². The first kappa shape index (κ1) is 29.2. The van der Waals surface area contributed by atoms with Crippen molar-refractivity contribution in [3.8, 4) is 0 Å². The molecule has 3 aromatic carbocycles. The number of benzene rings is 3. The largest absolute Gasteiger partial charge is 0.352 e. The molecule has 0 saturated carbocycles. The molecule has 9 heteroatoms. The number of nitrogens with zero attached hydrogens (tertiary/aromatic N) is 2. The van der Waals surface area contributed by atoms with Gasteiger partial charge in [-0.25, -0.2) is 8.42 Å². The highest BCUT2D eigenvalue weighted by Crippen LogP contribution is 2.28. The molecule has 0 spiro atoms. The molecule has 1 atom stereocenters. The molecule has 202 valence electrons. The highest BCUT2D eigenvalue weighted by atomic mass is 35.5. The smallest absolute Gasteiger partial charge is 0.264 e. The van der Waals surface area contributed by atoms with Gasteiger partial charge in [0, 0.05) is 17.6 Å². The standard InChI is InChI=1S/C29H34ClN3O4S/c1-20(2)31-29(35)23(5)32(18-24-11-9-10-21(3)16-24)28(34)19-33(25-15-14-22(4)27(30)17-25)38(36,37)26-12-7-6-8-13-26/h6-17,20,23H,18-19H2,1-5H3,(H,31,35)/t23-/m1/s1. The number of carbonyl (C=O) groups is 2. The van der Waals surface area contributed by atoms with E-state index in [0.29, 0.717) is 5.02 Å². The fraction of sp³-hybridized carbons (Fsp3) is 0.310. The third-order valence-corrected chi connectivity index (χ3v) is 8.28. The molecule has 2 amide bonds. The van der Waals surface area contributed by atoms with Crippen molar-refractivity contribution in [2.75, 3.05) is 10.8 Å². The molecule has 0 fully saturated rings. The number of aryl methyl sites for hydroxylation is 2. The molecule has 0 unspecified atom stereocenters. The molecule has 7 nitrogen and oxygen atoms in total. The number of halogens is 1.